The van der Waals surface area contributed by atoms with Crippen molar-refractivity contribution in [1.82, 2.24) is 0 Å². The molecule has 0 aromatic carbocycles. The smallest absolute Gasteiger partial charge is 0.338 e. The van der Waals surface area contributed by atoms with E-state index in [1.54, 1.807) is 0 Å². The summed E-state index contributed by atoms with van der Waals surface area (Å²) >= 11 is 0. The van der Waals surface area contributed by atoms with E-state index in [0.29, 0.717) is 6.42 Å². The SMILES string of the molecule is CCCCOC(=O)C1OC(O)C(O)C(O)C1O. The summed E-state index contributed by atoms with van der Waals surface area (Å²) in [6.07, 6.45) is -6.62. The molecular formula is C10H18O7. The zero-order valence-electron chi connectivity index (χ0n) is 9.52. The Morgan fingerprint density at radius 1 is 1.18 bits per heavy atom. The summed E-state index contributed by atoms with van der Waals surface area (Å²) in [6.45, 7) is 2.10. The van der Waals surface area contributed by atoms with E-state index in [-0.39, 0.29) is 6.61 Å². The molecule has 0 saturated carbocycles. The van der Waals surface area contributed by atoms with Gasteiger partial charge >= 0.3 is 5.97 Å². The molecule has 1 heterocycles. The molecule has 0 amide bonds. The molecule has 4 N–H and O–H groups in total. The quantitative estimate of drug-likeness (QED) is 0.341. The van der Waals surface area contributed by atoms with Gasteiger partial charge in [0, 0.05) is 0 Å². The molecule has 0 spiro atoms. The van der Waals surface area contributed by atoms with E-state index in [1.807, 2.05) is 6.92 Å². The molecule has 1 aliphatic heterocycles. The van der Waals surface area contributed by atoms with Gasteiger partial charge in [0.1, 0.15) is 18.3 Å². The van der Waals surface area contributed by atoms with E-state index in [2.05, 4.69) is 0 Å². The third kappa shape index (κ3) is 3.36. The van der Waals surface area contributed by atoms with Crippen LogP contribution in [-0.2, 0) is 14.3 Å². The van der Waals surface area contributed by atoms with E-state index < -0.39 is 36.7 Å². The van der Waals surface area contributed by atoms with Gasteiger partial charge in [-0.3, -0.25) is 0 Å². The van der Waals surface area contributed by atoms with Gasteiger partial charge < -0.3 is 29.9 Å². The average Bonchev–Trinajstić information content (AvgIpc) is 2.31. The van der Waals surface area contributed by atoms with Crippen molar-refractivity contribution < 1.29 is 34.7 Å². The van der Waals surface area contributed by atoms with Gasteiger partial charge in [0.25, 0.3) is 0 Å². The topological polar surface area (TPSA) is 116 Å². The zero-order chi connectivity index (χ0) is 13.0. The fraction of sp³-hybridized carbons (Fsp3) is 0.900. The van der Waals surface area contributed by atoms with E-state index in [0.717, 1.165) is 6.42 Å². The highest BCUT2D eigenvalue weighted by atomic mass is 16.7. The van der Waals surface area contributed by atoms with Crippen LogP contribution in [0.15, 0.2) is 0 Å². The molecule has 0 aromatic heterocycles. The third-order valence-corrected chi connectivity index (χ3v) is 2.56. The number of unbranched alkanes of at least 4 members (excludes halogenated alkanes) is 1. The second kappa shape index (κ2) is 6.27. The highest BCUT2D eigenvalue weighted by Gasteiger charge is 2.46. The molecule has 0 aliphatic carbocycles. The predicted molar refractivity (Wildman–Crippen MR) is 54.8 cm³/mol. The fourth-order valence-corrected chi connectivity index (χ4v) is 1.46. The van der Waals surface area contributed by atoms with Crippen LogP contribution in [0.2, 0.25) is 0 Å². The van der Waals surface area contributed by atoms with Gasteiger partial charge in [0.05, 0.1) is 6.61 Å². The largest absolute Gasteiger partial charge is 0.464 e. The summed E-state index contributed by atoms with van der Waals surface area (Å²) in [7, 11) is 0. The maximum atomic E-state index is 11.5. The molecule has 0 aromatic rings. The minimum Gasteiger partial charge on any atom is -0.464 e. The van der Waals surface area contributed by atoms with Crippen LogP contribution in [0.1, 0.15) is 19.8 Å². The van der Waals surface area contributed by atoms with Crippen molar-refractivity contribution in [2.45, 2.75) is 50.5 Å². The average molecular weight is 250 g/mol. The molecule has 0 bridgehead atoms. The van der Waals surface area contributed by atoms with Crippen LogP contribution in [-0.4, -0.2) is 63.7 Å². The van der Waals surface area contributed by atoms with Gasteiger partial charge in [0.15, 0.2) is 12.4 Å². The summed E-state index contributed by atoms with van der Waals surface area (Å²) in [5.41, 5.74) is 0. The third-order valence-electron chi connectivity index (χ3n) is 2.56. The van der Waals surface area contributed by atoms with Crippen molar-refractivity contribution in [1.29, 1.82) is 0 Å². The summed E-state index contributed by atoms with van der Waals surface area (Å²) < 4.78 is 9.49. The van der Waals surface area contributed by atoms with Crippen molar-refractivity contribution in [2.75, 3.05) is 6.61 Å². The van der Waals surface area contributed by atoms with Gasteiger partial charge in [0.2, 0.25) is 0 Å². The lowest BCUT2D eigenvalue weighted by Gasteiger charge is -2.36. The first-order chi connectivity index (χ1) is 7.99. The Bertz CT molecular complexity index is 257. The number of rotatable bonds is 4. The van der Waals surface area contributed by atoms with Crippen LogP contribution < -0.4 is 0 Å². The molecule has 5 unspecified atom stereocenters. The van der Waals surface area contributed by atoms with E-state index in [4.69, 9.17) is 9.47 Å². The van der Waals surface area contributed by atoms with Crippen LogP contribution in [0, 0.1) is 0 Å². The number of carbonyl (C=O) groups is 1. The highest BCUT2D eigenvalue weighted by molar-refractivity contribution is 5.75. The number of hydrogen-bond donors (Lipinski definition) is 4. The lowest BCUT2D eigenvalue weighted by atomic mass is 9.99. The molecule has 1 fully saturated rings. The van der Waals surface area contributed by atoms with Gasteiger partial charge in [-0.25, -0.2) is 4.79 Å². The van der Waals surface area contributed by atoms with Crippen molar-refractivity contribution in [3.63, 3.8) is 0 Å². The first-order valence-electron chi connectivity index (χ1n) is 5.53. The van der Waals surface area contributed by atoms with Crippen LogP contribution >= 0.6 is 0 Å². The van der Waals surface area contributed by atoms with Crippen LogP contribution in [0.3, 0.4) is 0 Å². The second-order valence-electron chi connectivity index (χ2n) is 3.94. The van der Waals surface area contributed by atoms with Crippen LogP contribution in [0.25, 0.3) is 0 Å². The van der Waals surface area contributed by atoms with Crippen molar-refractivity contribution in [3.05, 3.63) is 0 Å². The summed E-state index contributed by atoms with van der Waals surface area (Å²) in [4.78, 5) is 11.5. The lowest BCUT2D eigenvalue weighted by molar-refractivity contribution is -0.281. The number of hydrogen-bond acceptors (Lipinski definition) is 7. The summed E-state index contributed by atoms with van der Waals surface area (Å²) in [5.74, 6) is -0.865. The molecule has 7 nitrogen and oxygen atoms in total. The fourth-order valence-electron chi connectivity index (χ4n) is 1.46. The number of aliphatic hydroxyl groups excluding tert-OH is 4. The summed E-state index contributed by atoms with van der Waals surface area (Å²) in [6, 6.07) is 0. The molecule has 1 aliphatic rings. The Morgan fingerprint density at radius 3 is 2.41 bits per heavy atom. The number of aliphatic hydroxyl groups is 4. The van der Waals surface area contributed by atoms with Crippen molar-refractivity contribution in [3.8, 4) is 0 Å². The standard InChI is InChI=1S/C10H18O7/c1-2-3-4-16-10(15)8-6(12)5(11)7(13)9(14)17-8/h5-9,11-14H,2-4H2,1H3. The molecule has 100 valence electrons. The van der Waals surface area contributed by atoms with Crippen LogP contribution in [0.5, 0.6) is 0 Å². The first-order valence-corrected chi connectivity index (χ1v) is 5.53. The zero-order valence-corrected chi connectivity index (χ0v) is 9.52. The molecule has 0 radical (unpaired) electrons. The molecule has 1 saturated heterocycles. The molecule has 5 atom stereocenters. The molecule has 1 rings (SSSR count). The predicted octanol–water partition coefficient (Wildman–Crippen LogP) is -1.87. The summed E-state index contributed by atoms with van der Waals surface area (Å²) in [5, 5.41) is 37.3. The molecule has 17 heavy (non-hydrogen) atoms. The number of ether oxygens (including phenoxy) is 2. The Kier molecular flexibility index (Phi) is 5.29. The first kappa shape index (κ1) is 14.3. The van der Waals surface area contributed by atoms with Crippen molar-refractivity contribution in [2.24, 2.45) is 0 Å². The van der Waals surface area contributed by atoms with Gasteiger partial charge in [-0.15, -0.1) is 0 Å². The number of esters is 1. The minimum absolute atomic E-state index is 0.177. The monoisotopic (exact) mass is 250 g/mol. The Labute approximate surface area is 98.6 Å². The van der Waals surface area contributed by atoms with E-state index in [9.17, 15) is 25.2 Å². The Hall–Kier alpha value is -0.730. The van der Waals surface area contributed by atoms with E-state index >= 15 is 0 Å². The maximum absolute atomic E-state index is 11.5. The number of carbonyl (C=O) groups excluding carboxylic acids is 1. The second-order valence-corrected chi connectivity index (χ2v) is 3.94. The minimum atomic E-state index is -1.72. The van der Waals surface area contributed by atoms with Crippen LogP contribution in [0.4, 0.5) is 0 Å². The van der Waals surface area contributed by atoms with E-state index in [1.165, 1.54) is 0 Å². The molecular weight excluding hydrogens is 232 g/mol. The van der Waals surface area contributed by atoms with Gasteiger partial charge in [-0.2, -0.15) is 0 Å². The molecule has 7 heteroatoms. The normalized spacial score (nSPS) is 37.8. The van der Waals surface area contributed by atoms with Gasteiger partial charge in [-0.1, -0.05) is 13.3 Å². The highest BCUT2D eigenvalue weighted by Crippen LogP contribution is 2.20. The Morgan fingerprint density at radius 2 is 1.82 bits per heavy atom. The van der Waals surface area contributed by atoms with Crippen molar-refractivity contribution >= 4 is 5.97 Å². The Balaban J connectivity index is 2.54. The van der Waals surface area contributed by atoms with Gasteiger partial charge in [-0.05, 0) is 6.42 Å². The maximum Gasteiger partial charge on any atom is 0.338 e. The lowest BCUT2D eigenvalue weighted by Crippen LogP contribution is -2.59.